The second-order valence-corrected chi connectivity index (χ2v) is 5.12. The van der Waals surface area contributed by atoms with E-state index in [1.807, 2.05) is 24.3 Å². The predicted molar refractivity (Wildman–Crippen MR) is 76.9 cm³/mol. The van der Waals surface area contributed by atoms with Gasteiger partial charge in [0.1, 0.15) is 0 Å². The van der Waals surface area contributed by atoms with Crippen LogP contribution in [0.15, 0.2) is 48.5 Å². The van der Waals surface area contributed by atoms with Gasteiger partial charge < -0.3 is 4.90 Å². The topological polar surface area (TPSA) is 27.0 Å². The van der Waals surface area contributed by atoms with E-state index < -0.39 is 0 Å². The van der Waals surface area contributed by atoms with E-state index in [-0.39, 0.29) is 0 Å². The second-order valence-electron chi connectivity index (χ2n) is 5.12. The van der Waals surface area contributed by atoms with Crippen molar-refractivity contribution in [2.24, 2.45) is 0 Å². The van der Waals surface area contributed by atoms with Crippen molar-refractivity contribution in [2.75, 3.05) is 4.90 Å². The fourth-order valence-corrected chi connectivity index (χ4v) is 2.75. The van der Waals surface area contributed by atoms with Crippen LogP contribution in [0.3, 0.4) is 0 Å². The Kier molecular flexibility index (Phi) is 2.97. The standard InChI is InChI=1S/C17H16N2/c1-13-10-16-4-2-3-5-17(16)19(13)12-15-8-6-14(11-18)7-9-15/h2-9,13H,10,12H2,1H3/t13-/m1/s1. The first-order valence-electron chi connectivity index (χ1n) is 6.61. The van der Waals surface area contributed by atoms with Crippen molar-refractivity contribution in [2.45, 2.75) is 25.9 Å². The van der Waals surface area contributed by atoms with Crippen molar-refractivity contribution in [1.82, 2.24) is 0 Å². The minimum Gasteiger partial charge on any atom is -0.364 e. The highest BCUT2D eigenvalue weighted by Crippen LogP contribution is 2.32. The van der Waals surface area contributed by atoms with E-state index in [9.17, 15) is 0 Å². The van der Waals surface area contributed by atoms with Crippen LogP contribution in [0.4, 0.5) is 5.69 Å². The Morgan fingerprint density at radius 2 is 1.89 bits per heavy atom. The molecule has 0 spiro atoms. The number of hydrogen-bond donors (Lipinski definition) is 0. The van der Waals surface area contributed by atoms with Crippen LogP contribution in [-0.4, -0.2) is 6.04 Å². The van der Waals surface area contributed by atoms with E-state index in [1.165, 1.54) is 16.8 Å². The van der Waals surface area contributed by atoms with Gasteiger partial charge in [-0.1, -0.05) is 30.3 Å². The van der Waals surface area contributed by atoms with Crippen LogP contribution in [-0.2, 0) is 13.0 Å². The zero-order chi connectivity index (χ0) is 13.2. The van der Waals surface area contributed by atoms with Gasteiger partial charge in [-0.3, -0.25) is 0 Å². The predicted octanol–water partition coefficient (Wildman–Crippen LogP) is 3.51. The molecule has 0 fully saturated rings. The smallest absolute Gasteiger partial charge is 0.0991 e. The van der Waals surface area contributed by atoms with Gasteiger partial charge in [0.15, 0.2) is 0 Å². The maximum absolute atomic E-state index is 8.82. The highest BCUT2D eigenvalue weighted by molar-refractivity contribution is 5.59. The fraction of sp³-hybridized carbons (Fsp3) is 0.235. The molecule has 1 aliphatic heterocycles. The summed E-state index contributed by atoms with van der Waals surface area (Å²) in [7, 11) is 0. The molecule has 2 nitrogen and oxygen atoms in total. The van der Waals surface area contributed by atoms with E-state index in [0.29, 0.717) is 6.04 Å². The summed E-state index contributed by atoms with van der Waals surface area (Å²) in [4.78, 5) is 2.44. The third-order valence-electron chi connectivity index (χ3n) is 3.78. The van der Waals surface area contributed by atoms with Crippen LogP contribution < -0.4 is 4.90 Å². The van der Waals surface area contributed by atoms with E-state index >= 15 is 0 Å². The van der Waals surface area contributed by atoms with Crippen molar-refractivity contribution >= 4 is 5.69 Å². The molecule has 3 rings (SSSR count). The fourth-order valence-electron chi connectivity index (χ4n) is 2.75. The molecule has 1 aliphatic rings. The largest absolute Gasteiger partial charge is 0.364 e. The quantitative estimate of drug-likeness (QED) is 0.813. The summed E-state index contributed by atoms with van der Waals surface area (Å²) < 4.78 is 0. The molecular formula is C17H16N2. The first-order valence-corrected chi connectivity index (χ1v) is 6.61. The molecular weight excluding hydrogens is 232 g/mol. The molecule has 19 heavy (non-hydrogen) atoms. The molecule has 0 saturated carbocycles. The third kappa shape index (κ3) is 2.20. The Hall–Kier alpha value is -2.27. The summed E-state index contributed by atoms with van der Waals surface area (Å²) in [6, 6.07) is 19.2. The van der Waals surface area contributed by atoms with Gasteiger partial charge in [-0.05, 0) is 42.7 Å². The van der Waals surface area contributed by atoms with E-state index in [0.717, 1.165) is 18.5 Å². The number of fused-ring (bicyclic) bond motifs is 1. The summed E-state index contributed by atoms with van der Waals surface area (Å²) >= 11 is 0. The molecule has 0 aromatic heterocycles. The maximum atomic E-state index is 8.82. The zero-order valence-electron chi connectivity index (χ0n) is 11.0. The van der Waals surface area contributed by atoms with Gasteiger partial charge in [0, 0.05) is 18.3 Å². The van der Waals surface area contributed by atoms with Gasteiger partial charge in [0.05, 0.1) is 11.6 Å². The first kappa shape index (κ1) is 11.8. The van der Waals surface area contributed by atoms with Crippen molar-refractivity contribution in [3.8, 4) is 6.07 Å². The number of rotatable bonds is 2. The summed E-state index contributed by atoms with van der Waals surface area (Å²) in [5.41, 5.74) is 4.75. The highest BCUT2D eigenvalue weighted by atomic mass is 15.2. The summed E-state index contributed by atoms with van der Waals surface area (Å²) in [5.74, 6) is 0. The van der Waals surface area contributed by atoms with Crippen LogP contribution in [0.25, 0.3) is 0 Å². The lowest BCUT2D eigenvalue weighted by atomic mass is 10.1. The SMILES string of the molecule is C[C@@H]1Cc2ccccc2N1Cc1ccc(C#N)cc1. The second kappa shape index (κ2) is 4.78. The minimum absolute atomic E-state index is 0.535. The molecule has 0 amide bonds. The van der Waals surface area contributed by atoms with Gasteiger partial charge in [-0.2, -0.15) is 5.26 Å². The number of para-hydroxylation sites is 1. The molecule has 0 bridgehead atoms. The normalized spacial score (nSPS) is 17.1. The molecule has 0 saturated heterocycles. The van der Waals surface area contributed by atoms with Gasteiger partial charge in [0.2, 0.25) is 0 Å². The number of anilines is 1. The van der Waals surface area contributed by atoms with Crippen LogP contribution in [0.1, 0.15) is 23.6 Å². The number of hydrogen-bond acceptors (Lipinski definition) is 2. The molecule has 1 heterocycles. The molecule has 1 atom stereocenters. The Labute approximate surface area is 113 Å². The van der Waals surface area contributed by atoms with E-state index in [2.05, 4.69) is 42.2 Å². The first-order chi connectivity index (χ1) is 9.28. The Balaban J connectivity index is 1.85. The Morgan fingerprint density at radius 1 is 1.16 bits per heavy atom. The maximum Gasteiger partial charge on any atom is 0.0991 e. The number of nitriles is 1. The average molecular weight is 248 g/mol. The monoisotopic (exact) mass is 248 g/mol. The lowest BCUT2D eigenvalue weighted by Crippen LogP contribution is -2.28. The van der Waals surface area contributed by atoms with Crippen molar-refractivity contribution in [3.05, 3.63) is 65.2 Å². The lowest BCUT2D eigenvalue weighted by molar-refractivity contribution is 0.672. The molecule has 2 aromatic rings. The Bertz CT molecular complexity index is 622. The molecule has 0 radical (unpaired) electrons. The van der Waals surface area contributed by atoms with Crippen LogP contribution in [0, 0.1) is 11.3 Å². The minimum atomic E-state index is 0.535. The molecule has 0 unspecified atom stereocenters. The highest BCUT2D eigenvalue weighted by Gasteiger charge is 2.25. The Morgan fingerprint density at radius 3 is 2.63 bits per heavy atom. The van der Waals surface area contributed by atoms with E-state index in [1.54, 1.807) is 0 Å². The molecule has 94 valence electrons. The summed E-state index contributed by atoms with van der Waals surface area (Å²) in [6.45, 7) is 3.17. The van der Waals surface area contributed by atoms with Crippen molar-refractivity contribution < 1.29 is 0 Å². The van der Waals surface area contributed by atoms with Gasteiger partial charge >= 0.3 is 0 Å². The van der Waals surface area contributed by atoms with Crippen molar-refractivity contribution in [3.63, 3.8) is 0 Å². The van der Waals surface area contributed by atoms with E-state index in [4.69, 9.17) is 5.26 Å². The van der Waals surface area contributed by atoms with Crippen molar-refractivity contribution in [1.29, 1.82) is 5.26 Å². The average Bonchev–Trinajstić information content (AvgIpc) is 2.76. The zero-order valence-corrected chi connectivity index (χ0v) is 11.0. The van der Waals surface area contributed by atoms with Gasteiger partial charge in [0.25, 0.3) is 0 Å². The molecule has 0 aliphatic carbocycles. The number of benzene rings is 2. The summed E-state index contributed by atoms with van der Waals surface area (Å²) in [6.07, 6.45) is 1.12. The molecule has 2 heteroatoms. The van der Waals surface area contributed by atoms with Gasteiger partial charge in [-0.25, -0.2) is 0 Å². The molecule has 0 N–H and O–H groups in total. The van der Waals surface area contributed by atoms with Crippen LogP contribution >= 0.6 is 0 Å². The third-order valence-corrected chi connectivity index (χ3v) is 3.78. The summed E-state index contributed by atoms with van der Waals surface area (Å²) in [5, 5.41) is 8.82. The molecule has 2 aromatic carbocycles. The van der Waals surface area contributed by atoms with Crippen LogP contribution in [0.2, 0.25) is 0 Å². The lowest BCUT2D eigenvalue weighted by Gasteiger charge is -2.25. The number of nitrogens with zero attached hydrogens (tertiary/aromatic N) is 2. The van der Waals surface area contributed by atoms with Crippen LogP contribution in [0.5, 0.6) is 0 Å². The van der Waals surface area contributed by atoms with Gasteiger partial charge in [-0.15, -0.1) is 0 Å².